The van der Waals surface area contributed by atoms with E-state index in [0.29, 0.717) is 27.8 Å². The van der Waals surface area contributed by atoms with Gasteiger partial charge in [0, 0.05) is 22.1 Å². The molecule has 0 amide bonds. The predicted octanol–water partition coefficient (Wildman–Crippen LogP) is 6.46. The first-order chi connectivity index (χ1) is 16.7. The van der Waals surface area contributed by atoms with Crippen molar-refractivity contribution in [2.45, 2.75) is 0 Å². The summed E-state index contributed by atoms with van der Waals surface area (Å²) in [5.41, 5.74) is 5.09. The first-order valence-corrected chi connectivity index (χ1v) is 11.5. The van der Waals surface area contributed by atoms with Crippen LogP contribution in [0.5, 0.6) is 0 Å². The average molecular weight is 465 g/mol. The molecule has 0 fully saturated rings. The molecule has 2 aromatic heterocycles. The summed E-state index contributed by atoms with van der Waals surface area (Å²) in [4.78, 5) is 17.8. The Kier molecular flexibility index (Phi) is 6.09. The fourth-order valence-electron chi connectivity index (χ4n) is 3.68. The van der Waals surface area contributed by atoms with Gasteiger partial charge < -0.3 is 10.1 Å². The number of esters is 1. The third-order valence-corrected chi connectivity index (χ3v) is 6.03. The van der Waals surface area contributed by atoms with Crippen LogP contribution in [0.4, 0.5) is 10.9 Å². The Bertz CT molecular complexity index is 1420. The minimum absolute atomic E-state index is 0.291. The topological polar surface area (TPSA) is 77.0 Å². The summed E-state index contributed by atoms with van der Waals surface area (Å²) in [6.07, 6.45) is 0. The number of nitrogens with one attached hydrogen (secondary N) is 1. The molecule has 0 atom stereocenters. The van der Waals surface area contributed by atoms with Gasteiger partial charge in [0.1, 0.15) is 11.3 Å². The number of aromatic nitrogens is 3. The summed E-state index contributed by atoms with van der Waals surface area (Å²) in [5.74, 6) is -0.215. The number of hydrogen-bond donors (Lipinski definition) is 1. The van der Waals surface area contributed by atoms with Crippen molar-refractivity contribution in [3.8, 4) is 33.6 Å². The van der Waals surface area contributed by atoms with E-state index in [4.69, 9.17) is 4.74 Å². The number of thiazole rings is 1. The number of benzene rings is 3. The Morgan fingerprint density at radius 1 is 0.794 bits per heavy atom. The van der Waals surface area contributed by atoms with Crippen LogP contribution in [0.1, 0.15) is 10.4 Å². The maximum absolute atomic E-state index is 13.1. The van der Waals surface area contributed by atoms with Gasteiger partial charge in [-0.2, -0.15) is 0 Å². The molecule has 1 N–H and O–H groups in total. The van der Waals surface area contributed by atoms with Crippen LogP contribution in [0.2, 0.25) is 0 Å². The number of carbonyl (C=O) groups is 1. The predicted molar refractivity (Wildman–Crippen MR) is 135 cm³/mol. The van der Waals surface area contributed by atoms with E-state index < -0.39 is 5.97 Å². The van der Waals surface area contributed by atoms with E-state index in [1.54, 1.807) is 0 Å². The first-order valence-electron chi connectivity index (χ1n) is 10.6. The zero-order chi connectivity index (χ0) is 23.3. The number of carbonyl (C=O) groups excluding carboxylic acids is 1. The lowest BCUT2D eigenvalue weighted by molar-refractivity contribution is 0.0602. The molecule has 7 heteroatoms. The van der Waals surface area contributed by atoms with Crippen LogP contribution in [0.3, 0.4) is 0 Å². The van der Waals surface area contributed by atoms with E-state index in [2.05, 4.69) is 20.5 Å². The lowest BCUT2D eigenvalue weighted by Crippen LogP contribution is -2.12. The van der Waals surface area contributed by atoms with E-state index in [1.165, 1.54) is 18.4 Å². The van der Waals surface area contributed by atoms with E-state index >= 15 is 0 Å². The van der Waals surface area contributed by atoms with Gasteiger partial charge in [-0.25, -0.2) is 9.78 Å². The number of ether oxygens (including phenoxy) is 1. The summed E-state index contributed by atoms with van der Waals surface area (Å²) in [5, 5.41) is 14.7. The van der Waals surface area contributed by atoms with E-state index in [0.717, 1.165) is 22.4 Å². The second-order valence-electron chi connectivity index (χ2n) is 7.40. The van der Waals surface area contributed by atoms with Crippen LogP contribution in [0.15, 0.2) is 96.4 Å². The summed E-state index contributed by atoms with van der Waals surface area (Å²) < 4.78 is 5.18. The van der Waals surface area contributed by atoms with Crippen molar-refractivity contribution in [1.82, 2.24) is 15.2 Å². The molecule has 0 saturated heterocycles. The number of nitrogens with zero attached hydrogens (tertiary/aromatic N) is 3. The summed E-state index contributed by atoms with van der Waals surface area (Å²) >= 11 is 1.43. The minimum Gasteiger partial charge on any atom is -0.465 e. The monoisotopic (exact) mass is 464 g/mol. The Balaban J connectivity index is 1.65. The van der Waals surface area contributed by atoms with Crippen LogP contribution in [-0.4, -0.2) is 28.3 Å². The molecule has 166 valence electrons. The molecule has 0 bridgehead atoms. The smallest absolute Gasteiger partial charge is 0.342 e. The molecule has 0 aliphatic heterocycles. The standard InChI is InChI=1S/C27H20N4O2S/c1-33-26(32)23-22(19-13-7-3-8-14-19)24(20-15-9-4-10-16-20)30-31-25(23)29-27-28-21(17-34-27)18-11-5-2-6-12-18/h2-17H,1H3,(H,28,29,31). The van der Waals surface area contributed by atoms with Crippen LogP contribution < -0.4 is 5.32 Å². The van der Waals surface area contributed by atoms with Gasteiger partial charge in [0.25, 0.3) is 0 Å². The first kappa shape index (κ1) is 21.5. The van der Waals surface area contributed by atoms with Gasteiger partial charge in [0.05, 0.1) is 12.8 Å². The average Bonchev–Trinajstić information content (AvgIpc) is 3.38. The van der Waals surface area contributed by atoms with Crippen molar-refractivity contribution in [3.63, 3.8) is 0 Å². The van der Waals surface area contributed by atoms with Crippen molar-refractivity contribution in [2.75, 3.05) is 12.4 Å². The van der Waals surface area contributed by atoms with Gasteiger partial charge in [-0.1, -0.05) is 91.0 Å². The van der Waals surface area contributed by atoms with Gasteiger partial charge in [-0.3, -0.25) is 0 Å². The van der Waals surface area contributed by atoms with Gasteiger partial charge in [-0.05, 0) is 5.56 Å². The molecule has 34 heavy (non-hydrogen) atoms. The van der Waals surface area contributed by atoms with Gasteiger partial charge in [0.2, 0.25) is 0 Å². The Morgan fingerprint density at radius 2 is 1.38 bits per heavy atom. The molecular weight excluding hydrogens is 444 g/mol. The number of methoxy groups -OCH3 is 1. The summed E-state index contributed by atoms with van der Waals surface area (Å²) in [6, 6.07) is 29.2. The minimum atomic E-state index is -0.506. The molecule has 0 aliphatic carbocycles. The van der Waals surface area contributed by atoms with Gasteiger partial charge in [-0.15, -0.1) is 21.5 Å². The molecule has 0 unspecified atom stereocenters. The second-order valence-corrected chi connectivity index (χ2v) is 8.26. The lowest BCUT2D eigenvalue weighted by Gasteiger charge is -2.16. The Labute approximate surface area is 200 Å². The molecule has 3 aromatic carbocycles. The van der Waals surface area contributed by atoms with Crippen LogP contribution in [0.25, 0.3) is 33.6 Å². The van der Waals surface area contributed by atoms with Crippen molar-refractivity contribution < 1.29 is 9.53 Å². The van der Waals surface area contributed by atoms with Crippen LogP contribution in [0, 0.1) is 0 Å². The van der Waals surface area contributed by atoms with E-state index in [9.17, 15) is 4.79 Å². The highest BCUT2D eigenvalue weighted by atomic mass is 32.1. The molecule has 0 spiro atoms. The highest BCUT2D eigenvalue weighted by Crippen LogP contribution is 2.37. The van der Waals surface area contributed by atoms with Crippen LogP contribution >= 0.6 is 11.3 Å². The number of hydrogen-bond acceptors (Lipinski definition) is 7. The number of rotatable bonds is 6. The van der Waals surface area contributed by atoms with Gasteiger partial charge >= 0.3 is 5.97 Å². The quantitative estimate of drug-likeness (QED) is 0.291. The van der Waals surface area contributed by atoms with Crippen LogP contribution in [-0.2, 0) is 4.74 Å². The largest absolute Gasteiger partial charge is 0.465 e. The molecule has 6 nitrogen and oxygen atoms in total. The van der Waals surface area contributed by atoms with E-state index in [-0.39, 0.29) is 0 Å². The lowest BCUT2D eigenvalue weighted by atomic mass is 9.95. The normalized spacial score (nSPS) is 10.6. The molecule has 0 aliphatic rings. The maximum Gasteiger partial charge on any atom is 0.342 e. The maximum atomic E-state index is 13.1. The fourth-order valence-corrected chi connectivity index (χ4v) is 4.40. The third kappa shape index (κ3) is 4.29. The zero-order valence-corrected chi connectivity index (χ0v) is 19.1. The van der Waals surface area contributed by atoms with E-state index in [1.807, 2.05) is 96.4 Å². The SMILES string of the molecule is COC(=O)c1c(Nc2nc(-c3ccccc3)cs2)nnc(-c2ccccc2)c1-c1ccccc1. The Hall–Kier alpha value is -4.36. The van der Waals surface area contributed by atoms with Crippen molar-refractivity contribution in [2.24, 2.45) is 0 Å². The molecule has 5 rings (SSSR count). The zero-order valence-electron chi connectivity index (χ0n) is 18.3. The van der Waals surface area contributed by atoms with Crippen molar-refractivity contribution >= 4 is 28.3 Å². The van der Waals surface area contributed by atoms with Crippen molar-refractivity contribution in [1.29, 1.82) is 0 Å². The highest BCUT2D eigenvalue weighted by Gasteiger charge is 2.25. The molecule has 5 aromatic rings. The molecule has 0 radical (unpaired) electrons. The molecule has 2 heterocycles. The highest BCUT2D eigenvalue weighted by molar-refractivity contribution is 7.14. The summed E-state index contributed by atoms with van der Waals surface area (Å²) in [6.45, 7) is 0. The van der Waals surface area contributed by atoms with Gasteiger partial charge in [0.15, 0.2) is 10.9 Å². The van der Waals surface area contributed by atoms with Crippen molar-refractivity contribution in [3.05, 3.63) is 102 Å². The Morgan fingerprint density at radius 3 is 2.00 bits per heavy atom. The molecular formula is C27H20N4O2S. The third-order valence-electron chi connectivity index (χ3n) is 5.27. The fraction of sp³-hybridized carbons (Fsp3) is 0.0370. The summed E-state index contributed by atoms with van der Waals surface area (Å²) in [7, 11) is 1.36. The molecule has 0 saturated carbocycles. The number of anilines is 2. The second kappa shape index (κ2) is 9.64.